The summed E-state index contributed by atoms with van der Waals surface area (Å²) in [5.74, 6) is 0.718. The first-order chi connectivity index (χ1) is 17.7. The van der Waals surface area contributed by atoms with E-state index in [1.54, 1.807) is 22.6 Å². The van der Waals surface area contributed by atoms with Crippen molar-refractivity contribution in [3.8, 4) is 0 Å². The van der Waals surface area contributed by atoms with Crippen LogP contribution in [0.25, 0.3) is 10.2 Å². The Hall–Kier alpha value is -4.18. The summed E-state index contributed by atoms with van der Waals surface area (Å²) in [4.78, 5) is 37.5. The molecule has 0 unspecified atom stereocenters. The number of ether oxygens (including phenoxy) is 1. The summed E-state index contributed by atoms with van der Waals surface area (Å²) in [6, 6.07) is 16.4. The lowest BCUT2D eigenvalue weighted by atomic mass is 10.1. The summed E-state index contributed by atoms with van der Waals surface area (Å²) in [5, 5.41) is 10.0. The first kappa shape index (κ1) is 24.5. The molecular formula is C27H28N6O3S. The van der Waals surface area contributed by atoms with E-state index in [-0.39, 0.29) is 12.1 Å². The van der Waals surface area contributed by atoms with Crippen molar-refractivity contribution in [1.29, 1.82) is 0 Å². The summed E-state index contributed by atoms with van der Waals surface area (Å²) in [6.07, 6.45) is 1.95. The number of hydrogen-bond donors (Lipinski definition) is 3. The predicted molar refractivity (Wildman–Crippen MR) is 147 cm³/mol. The molecule has 1 aliphatic heterocycles. The van der Waals surface area contributed by atoms with Crippen molar-refractivity contribution in [2.24, 2.45) is 0 Å². The fourth-order valence-corrected chi connectivity index (χ4v) is 5.30. The van der Waals surface area contributed by atoms with E-state index in [0.29, 0.717) is 25.2 Å². The number of hydrogen-bond acceptors (Lipinski definition) is 7. The van der Waals surface area contributed by atoms with Crippen LogP contribution in [0.5, 0.6) is 0 Å². The molecule has 2 aromatic carbocycles. The number of para-hydroxylation sites is 1. The molecule has 0 saturated carbocycles. The van der Waals surface area contributed by atoms with Crippen molar-refractivity contribution in [2.45, 2.75) is 39.3 Å². The van der Waals surface area contributed by atoms with Gasteiger partial charge < -0.3 is 25.6 Å². The second kappa shape index (κ2) is 10.1. The number of anilines is 4. The zero-order valence-electron chi connectivity index (χ0n) is 20.9. The van der Waals surface area contributed by atoms with Crippen LogP contribution in [0.2, 0.25) is 0 Å². The largest absolute Gasteiger partial charge is 0.444 e. The second-order valence-electron chi connectivity index (χ2n) is 9.71. The molecule has 0 spiro atoms. The molecule has 37 heavy (non-hydrogen) atoms. The van der Waals surface area contributed by atoms with Gasteiger partial charge in [0.25, 0.3) is 0 Å². The first-order valence-electron chi connectivity index (χ1n) is 12.0. The fourth-order valence-electron chi connectivity index (χ4n) is 4.09. The van der Waals surface area contributed by atoms with E-state index < -0.39 is 5.60 Å². The van der Waals surface area contributed by atoms with E-state index in [2.05, 4.69) is 25.9 Å². The predicted octanol–water partition coefficient (Wildman–Crippen LogP) is 6.37. The Balaban J connectivity index is 1.28. The minimum absolute atomic E-state index is 0.300. The lowest BCUT2D eigenvalue weighted by Crippen LogP contribution is -2.39. The fraction of sp³-hybridized carbons (Fsp3) is 0.259. The number of rotatable bonds is 4. The van der Waals surface area contributed by atoms with Gasteiger partial charge in [0.05, 0.1) is 11.9 Å². The zero-order chi connectivity index (χ0) is 26.0. The number of carbonyl (C=O) groups excluding carboxylic acids is 2. The molecule has 0 fully saturated rings. The number of urea groups is 1. The third-order valence-electron chi connectivity index (χ3n) is 5.73. The smallest absolute Gasteiger partial charge is 0.410 e. The molecule has 0 radical (unpaired) electrons. The van der Waals surface area contributed by atoms with E-state index in [4.69, 9.17) is 4.74 Å². The molecule has 0 bridgehead atoms. The van der Waals surface area contributed by atoms with Gasteiger partial charge in [-0.2, -0.15) is 0 Å². The van der Waals surface area contributed by atoms with Crippen LogP contribution in [0.4, 0.5) is 32.5 Å². The molecule has 5 rings (SSSR count). The second-order valence-corrected chi connectivity index (χ2v) is 10.8. The average Bonchev–Trinajstić information content (AvgIpc) is 3.23. The molecule has 3 amide bonds. The van der Waals surface area contributed by atoms with E-state index in [9.17, 15) is 9.59 Å². The Labute approximate surface area is 218 Å². The van der Waals surface area contributed by atoms with Crippen molar-refractivity contribution in [2.75, 3.05) is 22.5 Å². The maximum atomic E-state index is 12.6. The number of nitrogens with zero attached hydrogens (tertiary/aromatic N) is 3. The van der Waals surface area contributed by atoms with E-state index in [1.165, 1.54) is 5.56 Å². The summed E-state index contributed by atoms with van der Waals surface area (Å²) < 4.78 is 5.55. The maximum Gasteiger partial charge on any atom is 0.410 e. The molecular weight excluding hydrogens is 488 g/mol. The lowest BCUT2D eigenvalue weighted by molar-refractivity contribution is 0.0227. The van der Waals surface area contributed by atoms with Gasteiger partial charge in [-0.1, -0.05) is 18.2 Å². The minimum Gasteiger partial charge on any atom is -0.444 e. The van der Waals surface area contributed by atoms with Crippen molar-refractivity contribution in [1.82, 2.24) is 14.9 Å². The molecule has 0 atom stereocenters. The van der Waals surface area contributed by atoms with Crippen LogP contribution in [-0.4, -0.2) is 39.1 Å². The van der Waals surface area contributed by atoms with E-state index in [0.717, 1.165) is 32.3 Å². The topological polar surface area (TPSA) is 108 Å². The monoisotopic (exact) mass is 516 g/mol. The van der Waals surface area contributed by atoms with Gasteiger partial charge in [-0.25, -0.2) is 19.6 Å². The highest BCUT2D eigenvalue weighted by Crippen LogP contribution is 2.38. The molecule has 0 saturated heterocycles. The van der Waals surface area contributed by atoms with Crippen LogP contribution >= 0.6 is 11.3 Å². The Morgan fingerprint density at radius 3 is 2.32 bits per heavy atom. The highest BCUT2D eigenvalue weighted by molar-refractivity contribution is 7.19. The van der Waals surface area contributed by atoms with Crippen LogP contribution < -0.4 is 16.0 Å². The molecule has 9 nitrogen and oxygen atoms in total. The molecule has 10 heteroatoms. The van der Waals surface area contributed by atoms with Gasteiger partial charge in [-0.15, -0.1) is 11.3 Å². The molecule has 4 aromatic rings. The number of carbonyl (C=O) groups is 2. The Morgan fingerprint density at radius 1 is 0.946 bits per heavy atom. The number of amides is 3. The zero-order valence-corrected chi connectivity index (χ0v) is 21.7. The molecule has 3 heterocycles. The van der Waals surface area contributed by atoms with Crippen LogP contribution in [0, 0.1) is 0 Å². The summed E-state index contributed by atoms with van der Waals surface area (Å²) in [5.41, 5.74) is 2.86. The van der Waals surface area contributed by atoms with Gasteiger partial charge in [0.2, 0.25) is 0 Å². The van der Waals surface area contributed by atoms with E-state index >= 15 is 0 Å². The number of aromatic nitrogens is 2. The minimum atomic E-state index is -0.531. The molecule has 3 N–H and O–H groups in total. The summed E-state index contributed by atoms with van der Waals surface area (Å²) >= 11 is 1.58. The Morgan fingerprint density at radius 2 is 1.62 bits per heavy atom. The third-order valence-corrected chi connectivity index (χ3v) is 6.85. The Kier molecular flexibility index (Phi) is 6.66. The first-order valence-corrected chi connectivity index (χ1v) is 12.8. The van der Waals surface area contributed by atoms with Gasteiger partial charge in [0.15, 0.2) is 0 Å². The molecule has 1 aliphatic rings. The molecule has 0 aliphatic carbocycles. The van der Waals surface area contributed by atoms with Gasteiger partial charge in [-0.3, -0.25) is 0 Å². The SMILES string of the molecule is CC(C)(C)OC(=O)N1CCc2c(sc3ncnc(Nc4ccc(NC(=O)Nc5ccccc5)cc4)c23)C1. The third kappa shape index (κ3) is 5.80. The van der Waals surface area contributed by atoms with Crippen LogP contribution in [0.15, 0.2) is 60.9 Å². The van der Waals surface area contributed by atoms with Gasteiger partial charge in [0.1, 0.15) is 22.6 Å². The maximum absolute atomic E-state index is 12.6. The van der Waals surface area contributed by atoms with Crippen molar-refractivity contribution >= 4 is 56.6 Å². The summed E-state index contributed by atoms with van der Waals surface area (Å²) in [7, 11) is 0. The van der Waals surface area contributed by atoms with Crippen molar-refractivity contribution in [3.63, 3.8) is 0 Å². The average molecular weight is 517 g/mol. The Bertz CT molecular complexity index is 1430. The number of fused-ring (bicyclic) bond motifs is 3. The van der Waals surface area contributed by atoms with E-state index in [1.807, 2.05) is 75.4 Å². The van der Waals surface area contributed by atoms with Crippen molar-refractivity contribution in [3.05, 3.63) is 71.4 Å². The summed E-state index contributed by atoms with van der Waals surface area (Å²) in [6.45, 7) is 6.68. The quantitative estimate of drug-likeness (QED) is 0.291. The standard InChI is InChI=1S/C27H28N6O3S/c1-27(2,3)36-26(35)33-14-13-20-21(15-33)37-24-22(20)23(28-16-29-24)30-18-9-11-19(12-10-18)32-25(34)31-17-7-5-4-6-8-17/h4-12,16H,13-15H2,1-3H3,(H,28,29,30)(H2,31,32,34). The lowest BCUT2D eigenvalue weighted by Gasteiger charge is -2.30. The number of benzene rings is 2. The van der Waals surface area contributed by atoms with Crippen molar-refractivity contribution < 1.29 is 14.3 Å². The van der Waals surface area contributed by atoms with Gasteiger partial charge in [-0.05, 0) is 69.2 Å². The number of nitrogens with one attached hydrogen (secondary N) is 3. The molecule has 190 valence electrons. The van der Waals surface area contributed by atoms with Crippen LogP contribution in [-0.2, 0) is 17.7 Å². The van der Waals surface area contributed by atoms with Gasteiger partial charge >= 0.3 is 12.1 Å². The number of thiophene rings is 1. The van der Waals surface area contributed by atoms with Crippen LogP contribution in [0.1, 0.15) is 31.2 Å². The highest BCUT2D eigenvalue weighted by Gasteiger charge is 2.29. The van der Waals surface area contributed by atoms with Crippen LogP contribution in [0.3, 0.4) is 0 Å². The highest BCUT2D eigenvalue weighted by atomic mass is 32.1. The normalized spacial score (nSPS) is 13.1. The van der Waals surface area contributed by atoms with Gasteiger partial charge in [0, 0.05) is 28.5 Å². The molecule has 2 aromatic heterocycles.